The number of hydrogen-bond donors (Lipinski definition) is 1. The van der Waals surface area contributed by atoms with Crippen molar-refractivity contribution in [3.63, 3.8) is 0 Å². The highest BCUT2D eigenvalue weighted by Gasteiger charge is 2.30. The predicted octanol–water partition coefficient (Wildman–Crippen LogP) is 0.668. The van der Waals surface area contributed by atoms with Crippen molar-refractivity contribution in [1.82, 2.24) is 14.5 Å². The van der Waals surface area contributed by atoms with Crippen molar-refractivity contribution in [1.29, 1.82) is 0 Å². The molecule has 136 valence electrons. The first-order valence-corrected chi connectivity index (χ1v) is 10.1. The third kappa shape index (κ3) is 3.85. The zero-order chi connectivity index (χ0) is 18.0. The molecule has 0 atom stereocenters. The molecular weight excluding hydrogens is 340 g/mol. The van der Waals surface area contributed by atoms with E-state index in [4.69, 9.17) is 0 Å². The van der Waals surface area contributed by atoms with Crippen molar-refractivity contribution >= 4 is 21.8 Å². The van der Waals surface area contributed by atoms with Gasteiger partial charge in [-0.15, -0.1) is 0 Å². The summed E-state index contributed by atoms with van der Waals surface area (Å²) < 4.78 is 26.5. The molecule has 7 nitrogen and oxygen atoms in total. The zero-order valence-corrected chi connectivity index (χ0v) is 15.4. The molecule has 1 aromatic rings. The van der Waals surface area contributed by atoms with Crippen LogP contribution in [0.3, 0.4) is 0 Å². The van der Waals surface area contributed by atoms with Gasteiger partial charge in [0.05, 0.1) is 11.4 Å². The predicted molar refractivity (Wildman–Crippen MR) is 96.1 cm³/mol. The lowest BCUT2D eigenvalue weighted by Crippen LogP contribution is -2.50. The lowest BCUT2D eigenvalue weighted by atomic mass is 10.2. The van der Waals surface area contributed by atoms with Crippen LogP contribution in [0.1, 0.15) is 25.8 Å². The second kappa shape index (κ2) is 7.13. The highest BCUT2D eigenvalue weighted by atomic mass is 32.2. The van der Waals surface area contributed by atoms with Gasteiger partial charge in [-0.05, 0) is 26.0 Å². The number of rotatable bonds is 4. The molecule has 2 aliphatic rings. The van der Waals surface area contributed by atoms with Gasteiger partial charge in [0.1, 0.15) is 5.84 Å². The first-order valence-electron chi connectivity index (χ1n) is 8.57. The molecule has 0 aliphatic carbocycles. The van der Waals surface area contributed by atoms with Gasteiger partial charge in [-0.25, -0.2) is 8.42 Å². The minimum absolute atomic E-state index is 0.0712. The normalized spacial score (nSPS) is 21.4. The van der Waals surface area contributed by atoms with Crippen LogP contribution in [-0.4, -0.2) is 68.7 Å². The number of carbonyl (C=O) groups excluding carboxylic acids is 1. The van der Waals surface area contributed by atoms with Gasteiger partial charge < -0.3 is 4.90 Å². The molecule has 3 rings (SSSR count). The van der Waals surface area contributed by atoms with Crippen LogP contribution < -0.4 is 4.72 Å². The average Bonchev–Trinajstić information content (AvgIpc) is 2.86. The maximum Gasteiger partial charge on any atom is 0.263 e. The number of amidine groups is 1. The minimum atomic E-state index is -3.52. The van der Waals surface area contributed by atoms with Gasteiger partial charge in [0.15, 0.2) is 0 Å². The number of hydrogen-bond acceptors (Lipinski definition) is 5. The Balaban J connectivity index is 1.57. The van der Waals surface area contributed by atoms with Crippen molar-refractivity contribution in [2.24, 2.45) is 4.99 Å². The molecule has 25 heavy (non-hydrogen) atoms. The Kier molecular flexibility index (Phi) is 5.10. The molecule has 8 heteroatoms. The van der Waals surface area contributed by atoms with Crippen molar-refractivity contribution in [3.05, 3.63) is 29.8 Å². The quantitative estimate of drug-likeness (QED) is 0.851. The number of aliphatic imine (C=N–C) groups is 1. The summed E-state index contributed by atoms with van der Waals surface area (Å²) in [6, 6.07) is 7.23. The number of sulfonamides is 1. The fourth-order valence-corrected chi connectivity index (χ4v) is 4.41. The molecule has 0 unspecified atom stereocenters. The number of nitrogens with one attached hydrogen (secondary N) is 1. The summed E-state index contributed by atoms with van der Waals surface area (Å²) in [7, 11) is -3.52. The topological polar surface area (TPSA) is 82.1 Å². The molecule has 1 saturated heterocycles. The molecule has 1 N–H and O–H groups in total. The number of amides is 1. The van der Waals surface area contributed by atoms with Crippen LogP contribution in [0.5, 0.6) is 0 Å². The lowest BCUT2D eigenvalue weighted by molar-refractivity contribution is -0.132. The Morgan fingerprint density at radius 1 is 1.20 bits per heavy atom. The highest BCUT2D eigenvalue weighted by molar-refractivity contribution is 7.90. The van der Waals surface area contributed by atoms with Crippen molar-refractivity contribution < 1.29 is 13.2 Å². The molecule has 2 heterocycles. The zero-order valence-electron chi connectivity index (χ0n) is 14.6. The summed E-state index contributed by atoms with van der Waals surface area (Å²) in [6.45, 7) is 7.86. The summed E-state index contributed by atoms with van der Waals surface area (Å²) in [6.07, 6.45) is 0.287. The molecule has 2 aliphatic heterocycles. The molecular formula is C17H24N4O3S. The van der Waals surface area contributed by atoms with Crippen molar-refractivity contribution in [2.75, 3.05) is 32.7 Å². The summed E-state index contributed by atoms with van der Waals surface area (Å²) in [4.78, 5) is 21.1. The largest absolute Gasteiger partial charge is 0.340 e. The monoisotopic (exact) mass is 364 g/mol. The molecule has 0 bridgehead atoms. The van der Waals surface area contributed by atoms with Crippen LogP contribution in [-0.2, 0) is 14.8 Å². The Morgan fingerprint density at radius 2 is 1.88 bits per heavy atom. The van der Waals surface area contributed by atoms with E-state index in [-0.39, 0.29) is 23.8 Å². The van der Waals surface area contributed by atoms with Crippen LogP contribution in [0, 0.1) is 0 Å². The lowest BCUT2D eigenvalue weighted by Gasteiger charge is -2.36. The summed E-state index contributed by atoms with van der Waals surface area (Å²) in [5.74, 6) is 0.398. The Morgan fingerprint density at radius 3 is 2.56 bits per heavy atom. The Labute approximate surface area is 148 Å². The molecule has 0 saturated carbocycles. The van der Waals surface area contributed by atoms with Crippen LogP contribution in [0.15, 0.2) is 34.2 Å². The third-order valence-electron chi connectivity index (χ3n) is 4.66. The third-order valence-corrected chi connectivity index (χ3v) is 6.05. The number of fused-ring (bicyclic) bond motifs is 1. The van der Waals surface area contributed by atoms with Crippen LogP contribution in [0.25, 0.3) is 0 Å². The van der Waals surface area contributed by atoms with E-state index in [1.54, 1.807) is 24.3 Å². The molecule has 0 radical (unpaired) electrons. The standard InChI is InChI=1S/C17H24N4O3S/c1-13(2)20-9-11-21(12-10-20)16(22)7-8-18-17-14-5-3-4-6-15(14)25(23,24)19-17/h3-6,13H,7-12H2,1-2H3,(H,18,19). The summed E-state index contributed by atoms with van der Waals surface area (Å²) >= 11 is 0. The van der Waals surface area contributed by atoms with Gasteiger partial charge in [0.25, 0.3) is 10.0 Å². The molecule has 0 aromatic heterocycles. The maximum atomic E-state index is 12.3. The smallest absolute Gasteiger partial charge is 0.263 e. The molecule has 1 aromatic carbocycles. The minimum Gasteiger partial charge on any atom is -0.340 e. The Bertz CT molecular complexity index is 781. The van der Waals surface area contributed by atoms with E-state index in [1.165, 1.54) is 0 Å². The molecule has 1 amide bonds. The van der Waals surface area contributed by atoms with E-state index in [2.05, 4.69) is 28.5 Å². The van der Waals surface area contributed by atoms with Gasteiger partial charge in [0.2, 0.25) is 5.91 Å². The average molecular weight is 364 g/mol. The number of benzene rings is 1. The van der Waals surface area contributed by atoms with Crippen molar-refractivity contribution in [2.45, 2.75) is 31.2 Å². The second-order valence-corrected chi connectivity index (χ2v) is 8.24. The van der Waals surface area contributed by atoms with E-state index >= 15 is 0 Å². The molecule has 0 spiro atoms. The SMILES string of the molecule is CC(C)N1CCN(C(=O)CCN=C2NS(=O)(=O)c3ccccc32)CC1. The van der Waals surface area contributed by atoms with Gasteiger partial charge in [-0.1, -0.05) is 12.1 Å². The maximum absolute atomic E-state index is 12.3. The van der Waals surface area contributed by atoms with Gasteiger partial charge >= 0.3 is 0 Å². The van der Waals surface area contributed by atoms with Gasteiger partial charge in [-0.2, -0.15) is 0 Å². The van der Waals surface area contributed by atoms with Gasteiger partial charge in [0, 0.05) is 44.2 Å². The van der Waals surface area contributed by atoms with Crippen molar-refractivity contribution in [3.8, 4) is 0 Å². The first-order chi connectivity index (χ1) is 11.9. The number of carbonyl (C=O) groups is 1. The second-order valence-electron chi connectivity index (χ2n) is 6.59. The summed E-state index contributed by atoms with van der Waals surface area (Å²) in [5, 5.41) is 0. The van der Waals surface area contributed by atoms with E-state index < -0.39 is 10.0 Å². The van der Waals surface area contributed by atoms with Crippen LogP contribution in [0.4, 0.5) is 0 Å². The fraction of sp³-hybridized carbons (Fsp3) is 0.529. The van der Waals surface area contributed by atoms with Crippen LogP contribution in [0.2, 0.25) is 0 Å². The van der Waals surface area contributed by atoms with E-state index in [0.29, 0.717) is 17.4 Å². The Hall–Kier alpha value is -1.93. The van der Waals surface area contributed by atoms with E-state index in [9.17, 15) is 13.2 Å². The first kappa shape index (κ1) is 17.9. The van der Waals surface area contributed by atoms with Crippen LogP contribution >= 0.6 is 0 Å². The number of nitrogens with zero attached hydrogens (tertiary/aromatic N) is 3. The molecule has 1 fully saturated rings. The fourth-order valence-electron chi connectivity index (χ4n) is 3.16. The number of piperazine rings is 1. The highest BCUT2D eigenvalue weighted by Crippen LogP contribution is 2.22. The van der Waals surface area contributed by atoms with E-state index in [0.717, 1.165) is 26.2 Å². The summed E-state index contributed by atoms with van der Waals surface area (Å²) in [5.41, 5.74) is 0.570. The van der Waals surface area contributed by atoms with Gasteiger partial charge in [-0.3, -0.25) is 19.4 Å². The van der Waals surface area contributed by atoms with E-state index in [1.807, 2.05) is 4.90 Å².